The zero-order valence-corrected chi connectivity index (χ0v) is 14.9. The Morgan fingerprint density at radius 1 is 1.33 bits per heavy atom. The monoisotopic (exact) mass is 386 g/mol. The van der Waals surface area contributed by atoms with Crippen LogP contribution in [-0.4, -0.2) is 33.7 Å². The molecular weight excluding hydrogens is 369 g/mol. The molecule has 136 valence electrons. The van der Waals surface area contributed by atoms with Crippen LogP contribution in [-0.2, 0) is 21.0 Å². The van der Waals surface area contributed by atoms with Gasteiger partial charge in [0.25, 0.3) is 0 Å². The third kappa shape index (κ3) is 5.86. The molecule has 0 saturated heterocycles. The maximum Gasteiger partial charge on any atom is 0.417 e. The molecule has 0 heterocycles. The van der Waals surface area contributed by atoms with E-state index in [1.165, 1.54) is 0 Å². The van der Waals surface area contributed by atoms with Crippen LogP contribution < -0.4 is 9.62 Å². The van der Waals surface area contributed by atoms with Gasteiger partial charge in [-0.15, -0.1) is 0 Å². The fourth-order valence-electron chi connectivity index (χ4n) is 1.79. The minimum absolute atomic E-state index is 0.146. The van der Waals surface area contributed by atoms with E-state index in [0.717, 1.165) is 18.4 Å². The minimum atomic E-state index is -4.74. The molecule has 1 aromatic carbocycles. The normalized spacial score (nSPS) is 12.3. The van der Waals surface area contributed by atoms with Gasteiger partial charge in [0.05, 0.1) is 22.5 Å². The average Bonchev–Trinajstić information content (AvgIpc) is 2.41. The van der Waals surface area contributed by atoms with Crippen molar-refractivity contribution in [1.82, 2.24) is 5.32 Å². The lowest BCUT2D eigenvalue weighted by atomic mass is 10.2. The van der Waals surface area contributed by atoms with E-state index in [0.29, 0.717) is 16.9 Å². The summed E-state index contributed by atoms with van der Waals surface area (Å²) >= 11 is 5.52. The molecule has 0 aliphatic carbocycles. The number of amides is 1. The van der Waals surface area contributed by atoms with E-state index in [2.05, 4.69) is 5.32 Å². The number of rotatable bonds is 6. The molecule has 0 unspecified atom stereocenters. The highest BCUT2D eigenvalue weighted by atomic mass is 35.5. The molecule has 0 radical (unpaired) electrons. The molecule has 1 amide bonds. The minimum Gasteiger partial charge on any atom is -0.354 e. The Morgan fingerprint density at radius 3 is 2.38 bits per heavy atom. The first kappa shape index (κ1) is 20.6. The van der Waals surface area contributed by atoms with E-state index in [1.807, 2.05) is 13.8 Å². The second-order valence-corrected chi connectivity index (χ2v) is 7.94. The van der Waals surface area contributed by atoms with Crippen LogP contribution in [0.1, 0.15) is 19.4 Å². The first-order valence-electron chi connectivity index (χ1n) is 6.93. The molecule has 0 aliphatic heterocycles. The third-order valence-corrected chi connectivity index (χ3v) is 4.41. The number of sulfonamides is 1. The Morgan fingerprint density at radius 2 is 1.92 bits per heavy atom. The summed E-state index contributed by atoms with van der Waals surface area (Å²) in [5.41, 5.74) is -1.45. The van der Waals surface area contributed by atoms with Crippen molar-refractivity contribution in [2.75, 3.05) is 23.7 Å². The number of anilines is 1. The molecule has 0 saturated carbocycles. The topological polar surface area (TPSA) is 66.5 Å². The van der Waals surface area contributed by atoms with Crippen LogP contribution in [0.15, 0.2) is 18.2 Å². The van der Waals surface area contributed by atoms with Crippen LogP contribution in [0.5, 0.6) is 0 Å². The second kappa shape index (κ2) is 7.60. The van der Waals surface area contributed by atoms with Gasteiger partial charge in [-0.3, -0.25) is 9.10 Å². The fraction of sp³-hybridized carbons (Fsp3) is 0.500. The molecule has 0 aromatic heterocycles. The standard InChI is InChI=1S/C14H18ClF3N2O3S/c1-9(2)7-19-13(21)8-20(24(3,22)23)10-4-5-12(15)11(6-10)14(16,17)18/h4-6,9H,7-8H2,1-3H3,(H,19,21). The van der Waals surface area contributed by atoms with E-state index >= 15 is 0 Å². The smallest absolute Gasteiger partial charge is 0.354 e. The Kier molecular flexibility index (Phi) is 6.52. The van der Waals surface area contributed by atoms with Crippen molar-refractivity contribution >= 4 is 33.2 Å². The maximum atomic E-state index is 12.9. The fourth-order valence-corrected chi connectivity index (χ4v) is 2.86. The Hall–Kier alpha value is -1.48. The number of nitrogens with zero attached hydrogens (tertiary/aromatic N) is 1. The summed E-state index contributed by atoms with van der Waals surface area (Å²) in [7, 11) is -3.96. The highest BCUT2D eigenvalue weighted by Crippen LogP contribution is 2.37. The van der Waals surface area contributed by atoms with Gasteiger partial charge in [0.1, 0.15) is 6.54 Å². The van der Waals surface area contributed by atoms with Crippen molar-refractivity contribution in [3.05, 3.63) is 28.8 Å². The first-order chi connectivity index (χ1) is 10.8. The van der Waals surface area contributed by atoms with E-state index in [9.17, 15) is 26.4 Å². The summed E-state index contributed by atoms with van der Waals surface area (Å²) < 4.78 is 63.2. The summed E-state index contributed by atoms with van der Waals surface area (Å²) in [6.07, 6.45) is -3.93. The molecule has 0 spiro atoms. The lowest BCUT2D eigenvalue weighted by Crippen LogP contribution is -2.41. The predicted molar refractivity (Wildman–Crippen MR) is 86.5 cm³/mol. The molecule has 1 N–H and O–H groups in total. The van der Waals surface area contributed by atoms with Crippen molar-refractivity contribution in [1.29, 1.82) is 0 Å². The molecule has 5 nitrogen and oxygen atoms in total. The van der Waals surface area contributed by atoms with Gasteiger partial charge < -0.3 is 5.32 Å². The van der Waals surface area contributed by atoms with E-state index in [-0.39, 0.29) is 11.6 Å². The van der Waals surface area contributed by atoms with Crippen molar-refractivity contribution in [3.63, 3.8) is 0 Å². The molecule has 0 bridgehead atoms. The van der Waals surface area contributed by atoms with Crippen LogP contribution in [0.25, 0.3) is 0 Å². The zero-order valence-electron chi connectivity index (χ0n) is 13.3. The van der Waals surface area contributed by atoms with Gasteiger partial charge in [0.15, 0.2) is 0 Å². The molecule has 0 atom stereocenters. The molecule has 0 aliphatic rings. The number of carbonyl (C=O) groups is 1. The number of benzene rings is 1. The highest BCUT2D eigenvalue weighted by molar-refractivity contribution is 7.92. The van der Waals surface area contributed by atoms with Crippen LogP contribution in [0, 0.1) is 5.92 Å². The van der Waals surface area contributed by atoms with Gasteiger partial charge in [-0.25, -0.2) is 8.42 Å². The van der Waals surface area contributed by atoms with Crippen molar-refractivity contribution in [2.24, 2.45) is 5.92 Å². The van der Waals surface area contributed by atoms with Crippen molar-refractivity contribution in [3.8, 4) is 0 Å². The molecule has 10 heteroatoms. The molecule has 1 rings (SSSR count). The number of halogens is 4. The van der Waals surface area contributed by atoms with Gasteiger partial charge >= 0.3 is 6.18 Å². The highest BCUT2D eigenvalue weighted by Gasteiger charge is 2.34. The lowest BCUT2D eigenvalue weighted by Gasteiger charge is -2.23. The van der Waals surface area contributed by atoms with Crippen LogP contribution in [0.2, 0.25) is 5.02 Å². The zero-order chi connectivity index (χ0) is 18.7. The SMILES string of the molecule is CC(C)CNC(=O)CN(c1ccc(Cl)c(C(F)(F)F)c1)S(C)(=O)=O. The van der Waals surface area contributed by atoms with Gasteiger partial charge in [-0.2, -0.15) is 13.2 Å². The van der Waals surface area contributed by atoms with E-state index < -0.39 is 39.2 Å². The average molecular weight is 387 g/mol. The van der Waals surface area contributed by atoms with Crippen LogP contribution in [0.3, 0.4) is 0 Å². The quantitative estimate of drug-likeness (QED) is 0.817. The van der Waals surface area contributed by atoms with Crippen molar-refractivity contribution in [2.45, 2.75) is 20.0 Å². The summed E-state index contributed by atoms with van der Waals surface area (Å²) in [4.78, 5) is 11.9. The number of alkyl halides is 3. The van der Waals surface area contributed by atoms with Crippen LogP contribution in [0.4, 0.5) is 18.9 Å². The Bertz CT molecular complexity index is 706. The van der Waals surface area contributed by atoms with Gasteiger partial charge in [0, 0.05) is 6.54 Å². The van der Waals surface area contributed by atoms with E-state index in [1.54, 1.807) is 0 Å². The summed E-state index contributed by atoms with van der Waals surface area (Å²) in [6, 6.07) is 2.68. The number of hydrogen-bond acceptors (Lipinski definition) is 3. The summed E-state index contributed by atoms with van der Waals surface area (Å²) in [6.45, 7) is 3.40. The third-order valence-electron chi connectivity index (χ3n) is 2.94. The second-order valence-electron chi connectivity index (χ2n) is 5.63. The van der Waals surface area contributed by atoms with Crippen LogP contribution >= 0.6 is 11.6 Å². The first-order valence-corrected chi connectivity index (χ1v) is 9.16. The maximum absolute atomic E-state index is 12.9. The van der Waals surface area contributed by atoms with Gasteiger partial charge in [-0.05, 0) is 24.1 Å². The molecule has 0 fully saturated rings. The summed E-state index contributed by atoms with van der Waals surface area (Å²) in [5.74, 6) is -0.467. The summed E-state index contributed by atoms with van der Waals surface area (Å²) in [5, 5.41) is 1.97. The lowest BCUT2D eigenvalue weighted by molar-refractivity contribution is -0.137. The Labute approximate surface area is 143 Å². The van der Waals surface area contributed by atoms with Gasteiger partial charge in [0.2, 0.25) is 15.9 Å². The van der Waals surface area contributed by atoms with E-state index in [4.69, 9.17) is 11.6 Å². The number of carbonyl (C=O) groups excluding carboxylic acids is 1. The number of nitrogens with one attached hydrogen (secondary N) is 1. The van der Waals surface area contributed by atoms with Crippen molar-refractivity contribution < 1.29 is 26.4 Å². The molecule has 1 aromatic rings. The predicted octanol–water partition coefficient (Wildman–Crippen LogP) is 2.90. The largest absolute Gasteiger partial charge is 0.417 e. The molecule has 24 heavy (non-hydrogen) atoms. The Balaban J connectivity index is 3.17. The van der Waals surface area contributed by atoms with Gasteiger partial charge in [-0.1, -0.05) is 25.4 Å². The number of hydrogen-bond donors (Lipinski definition) is 1. The molecular formula is C14H18ClF3N2O3S.